The highest BCUT2D eigenvalue weighted by Gasteiger charge is 2.41. The Bertz CT molecular complexity index is 699. The SMILES string of the molecule is CCC(=O)N1[C@@H]2CCC[C@H]1CC(N(C)c1nc(Cl)cc(O[C@@H]3CCOC3)n1)C2. The van der Waals surface area contributed by atoms with Gasteiger partial charge in [0.25, 0.3) is 0 Å². The third-order valence-corrected chi connectivity index (χ3v) is 6.43. The molecule has 8 heteroatoms. The molecule has 0 spiro atoms. The second-order valence-electron chi connectivity index (χ2n) is 8.06. The van der Waals surface area contributed by atoms with Gasteiger partial charge in [0.2, 0.25) is 17.7 Å². The highest BCUT2D eigenvalue weighted by atomic mass is 35.5. The monoisotopic (exact) mass is 408 g/mol. The van der Waals surface area contributed by atoms with Crippen molar-refractivity contribution < 1.29 is 14.3 Å². The van der Waals surface area contributed by atoms with Crippen molar-refractivity contribution >= 4 is 23.5 Å². The van der Waals surface area contributed by atoms with E-state index in [4.69, 9.17) is 21.1 Å². The predicted octanol–water partition coefficient (Wildman–Crippen LogP) is 3.06. The fourth-order valence-corrected chi connectivity index (χ4v) is 4.97. The van der Waals surface area contributed by atoms with Crippen LogP contribution in [0.2, 0.25) is 5.15 Å². The second kappa shape index (κ2) is 8.41. The van der Waals surface area contributed by atoms with Gasteiger partial charge in [-0.15, -0.1) is 0 Å². The number of ether oxygens (including phenoxy) is 2. The number of nitrogens with zero attached hydrogens (tertiary/aromatic N) is 4. The van der Waals surface area contributed by atoms with Gasteiger partial charge in [-0.2, -0.15) is 4.98 Å². The molecule has 0 N–H and O–H groups in total. The Hall–Kier alpha value is -1.60. The Kier molecular flexibility index (Phi) is 5.92. The number of rotatable bonds is 5. The zero-order chi connectivity index (χ0) is 19.7. The number of hydrogen-bond acceptors (Lipinski definition) is 6. The van der Waals surface area contributed by atoms with Crippen molar-refractivity contribution in [3.05, 3.63) is 11.2 Å². The van der Waals surface area contributed by atoms with Gasteiger partial charge in [-0.25, -0.2) is 4.98 Å². The maximum absolute atomic E-state index is 12.4. The summed E-state index contributed by atoms with van der Waals surface area (Å²) in [5, 5.41) is 0.379. The van der Waals surface area contributed by atoms with Crippen molar-refractivity contribution in [3.8, 4) is 5.88 Å². The van der Waals surface area contributed by atoms with Crippen LogP contribution in [0.25, 0.3) is 0 Å². The van der Waals surface area contributed by atoms with Crippen LogP contribution in [0.1, 0.15) is 51.9 Å². The molecule has 1 aromatic heterocycles. The summed E-state index contributed by atoms with van der Waals surface area (Å²) in [5.41, 5.74) is 0. The summed E-state index contributed by atoms with van der Waals surface area (Å²) in [6.07, 6.45) is 6.72. The van der Waals surface area contributed by atoms with Gasteiger partial charge in [0.05, 0.1) is 13.2 Å². The Morgan fingerprint density at radius 1 is 1.32 bits per heavy atom. The van der Waals surface area contributed by atoms with E-state index in [0.29, 0.717) is 48.7 Å². The molecule has 4 rings (SSSR count). The van der Waals surface area contributed by atoms with Crippen LogP contribution in [0.15, 0.2) is 6.07 Å². The smallest absolute Gasteiger partial charge is 0.230 e. The quantitative estimate of drug-likeness (QED) is 0.697. The lowest BCUT2D eigenvalue weighted by molar-refractivity contribution is -0.140. The third-order valence-electron chi connectivity index (χ3n) is 6.24. The second-order valence-corrected chi connectivity index (χ2v) is 8.45. The lowest BCUT2D eigenvalue weighted by atomic mass is 9.81. The summed E-state index contributed by atoms with van der Waals surface area (Å²) < 4.78 is 11.3. The lowest BCUT2D eigenvalue weighted by Crippen LogP contribution is -2.58. The molecule has 4 heterocycles. The number of hydrogen-bond donors (Lipinski definition) is 0. The molecule has 3 saturated heterocycles. The van der Waals surface area contributed by atoms with Gasteiger partial charge in [0.15, 0.2) is 0 Å². The number of halogens is 1. The first-order chi connectivity index (χ1) is 13.5. The highest BCUT2D eigenvalue weighted by molar-refractivity contribution is 6.29. The summed E-state index contributed by atoms with van der Waals surface area (Å²) in [5.74, 6) is 1.36. The number of carbonyl (C=O) groups excluding carboxylic acids is 1. The van der Waals surface area contributed by atoms with Crippen LogP contribution in [0.3, 0.4) is 0 Å². The Morgan fingerprint density at radius 2 is 2.07 bits per heavy atom. The molecule has 4 atom stereocenters. The average Bonchev–Trinajstić information content (AvgIpc) is 3.18. The Balaban J connectivity index is 1.49. The molecule has 0 aromatic carbocycles. The van der Waals surface area contributed by atoms with Crippen molar-refractivity contribution in [2.45, 2.75) is 76.1 Å². The summed E-state index contributed by atoms with van der Waals surface area (Å²) in [7, 11) is 2.02. The molecule has 154 valence electrons. The summed E-state index contributed by atoms with van der Waals surface area (Å²) in [6.45, 7) is 3.25. The molecule has 7 nitrogen and oxygen atoms in total. The van der Waals surface area contributed by atoms with Gasteiger partial charge in [-0.3, -0.25) is 4.79 Å². The lowest BCUT2D eigenvalue weighted by Gasteiger charge is -2.50. The van der Waals surface area contributed by atoms with E-state index >= 15 is 0 Å². The first kappa shape index (κ1) is 19.7. The molecular weight excluding hydrogens is 380 g/mol. The molecule has 3 fully saturated rings. The Morgan fingerprint density at radius 3 is 2.71 bits per heavy atom. The fourth-order valence-electron chi connectivity index (χ4n) is 4.80. The minimum absolute atomic E-state index is 0.0202. The summed E-state index contributed by atoms with van der Waals surface area (Å²) in [4.78, 5) is 25.7. The van der Waals surface area contributed by atoms with Crippen molar-refractivity contribution in [1.29, 1.82) is 0 Å². The number of fused-ring (bicyclic) bond motifs is 2. The molecular formula is C20H29ClN4O3. The number of anilines is 1. The highest BCUT2D eigenvalue weighted by Crippen LogP contribution is 2.37. The summed E-state index contributed by atoms with van der Waals surface area (Å²) in [6, 6.07) is 2.59. The van der Waals surface area contributed by atoms with Gasteiger partial charge in [0, 0.05) is 44.1 Å². The Labute approximate surface area is 171 Å². The van der Waals surface area contributed by atoms with Gasteiger partial charge in [0.1, 0.15) is 11.3 Å². The molecule has 1 amide bonds. The van der Waals surface area contributed by atoms with E-state index in [0.717, 1.165) is 32.1 Å². The number of piperidine rings is 2. The largest absolute Gasteiger partial charge is 0.472 e. The molecule has 0 radical (unpaired) electrons. The van der Waals surface area contributed by atoms with Crippen molar-refractivity contribution in [1.82, 2.24) is 14.9 Å². The minimum atomic E-state index is 0.0202. The van der Waals surface area contributed by atoms with Crippen LogP contribution in [0, 0.1) is 0 Å². The van der Waals surface area contributed by atoms with E-state index in [9.17, 15) is 4.79 Å². The van der Waals surface area contributed by atoms with E-state index in [-0.39, 0.29) is 18.1 Å². The third kappa shape index (κ3) is 4.06. The minimum Gasteiger partial charge on any atom is -0.472 e. The van der Waals surface area contributed by atoms with Crippen LogP contribution in [0.5, 0.6) is 5.88 Å². The molecule has 3 aliphatic rings. The van der Waals surface area contributed by atoms with Crippen molar-refractivity contribution in [2.75, 3.05) is 25.2 Å². The molecule has 2 bridgehead atoms. The van der Waals surface area contributed by atoms with Crippen LogP contribution >= 0.6 is 11.6 Å². The van der Waals surface area contributed by atoms with Crippen LogP contribution in [0.4, 0.5) is 5.95 Å². The first-order valence-electron chi connectivity index (χ1n) is 10.4. The van der Waals surface area contributed by atoms with Gasteiger partial charge in [-0.05, 0) is 32.1 Å². The fraction of sp³-hybridized carbons (Fsp3) is 0.750. The molecule has 3 aliphatic heterocycles. The topological polar surface area (TPSA) is 67.8 Å². The van der Waals surface area contributed by atoms with E-state index < -0.39 is 0 Å². The van der Waals surface area contributed by atoms with Crippen LogP contribution in [-0.2, 0) is 9.53 Å². The standard InChI is InChI=1S/C20H29ClN4O3/c1-3-19(26)25-13-5-4-6-14(25)10-15(9-13)24(2)20-22-17(21)11-18(23-20)28-16-7-8-27-12-16/h11,13-16H,3-10,12H2,1-2H3/t13-,14+,15?,16-/m1/s1. The normalized spacial score (nSPS) is 29.6. The molecule has 0 saturated carbocycles. The average molecular weight is 409 g/mol. The van der Waals surface area contributed by atoms with Crippen molar-refractivity contribution in [2.24, 2.45) is 0 Å². The van der Waals surface area contributed by atoms with E-state index in [2.05, 4.69) is 19.8 Å². The number of amides is 1. The van der Waals surface area contributed by atoms with Crippen LogP contribution < -0.4 is 9.64 Å². The predicted molar refractivity (Wildman–Crippen MR) is 107 cm³/mol. The van der Waals surface area contributed by atoms with Gasteiger partial charge >= 0.3 is 0 Å². The van der Waals surface area contributed by atoms with Crippen LogP contribution in [-0.4, -0.2) is 65.3 Å². The zero-order valence-corrected chi connectivity index (χ0v) is 17.4. The number of aromatic nitrogens is 2. The molecule has 1 unspecified atom stereocenters. The van der Waals surface area contributed by atoms with E-state index in [1.54, 1.807) is 6.07 Å². The summed E-state index contributed by atoms with van der Waals surface area (Å²) >= 11 is 6.26. The maximum atomic E-state index is 12.4. The maximum Gasteiger partial charge on any atom is 0.230 e. The molecule has 1 aromatic rings. The zero-order valence-electron chi connectivity index (χ0n) is 16.6. The molecule has 0 aliphatic carbocycles. The molecule has 28 heavy (non-hydrogen) atoms. The van der Waals surface area contributed by atoms with Gasteiger partial charge in [-0.1, -0.05) is 18.5 Å². The number of carbonyl (C=O) groups is 1. The van der Waals surface area contributed by atoms with E-state index in [1.165, 1.54) is 6.42 Å². The van der Waals surface area contributed by atoms with Crippen molar-refractivity contribution in [3.63, 3.8) is 0 Å². The van der Waals surface area contributed by atoms with Gasteiger partial charge < -0.3 is 19.3 Å². The van der Waals surface area contributed by atoms with E-state index in [1.807, 2.05) is 14.0 Å². The first-order valence-corrected chi connectivity index (χ1v) is 10.8.